The van der Waals surface area contributed by atoms with Crippen LogP contribution in [0, 0.1) is 5.92 Å². The molecule has 3 heterocycles. The van der Waals surface area contributed by atoms with Gasteiger partial charge in [-0.15, -0.1) is 0 Å². The Morgan fingerprint density at radius 3 is 2.55 bits per heavy atom. The highest BCUT2D eigenvalue weighted by atomic mass is 16.1. The van der Waals surface area contributed by atoms with Gasteiger partial charge >= 0.3 is 0 Å². The van der Waals surface area contributed by atoms with Gasteiger partial charge in [0.1, 0.15) is 0 Å². The van der Waals surface area contributed by atoms with E-state index in [-0.39, 0.29) is 5.91 Å². The molecular weight excluding hydrogens is 360 g/mol. The Morgan fingerprint density at radius 2 is 1.76 bits per heavy atom. The first-order chi connectivity index (χ1) is 14.2. The van der Waals surface area contributed by atoms with Gasteiger partial charge in [-0.3, -0.25) is 4.79 Å². The van der Waals surface area contributed by atoms with Gasteiger partial charge in [-0.1, -0.05) is 36.4 Å². The Bertz CT molecular complexity index is 982. The van der Waals surface area contributed by atoms with E-state index in [1.54, 1.807) is 0 Å². The molecule has 5 heteroatoms. The SMILES string of the molecule is O=C(CC1CC2CCC(C1)N2)NCc1ccc(Cn2cnc3ccccc32)cc1. The summed E-state index contributed by atoms with van der Waals surface area (Å²) in [7, 11) is 0. The minimum atomic E-state index is 0.185. The molecule has 5 rings (SSSR count). The summed E-state index contributed by atoms with van der Waals surface area (Å²) in [6.07, 6.45) is 7.43. The number of nitrogens with one attached hydrogen (secondary N) is 2. The highest BCUT2D eigenvalue weighted by Gasteiger charge is 2.34. The predicted molar refractivity (Wildman–Crippen MR) is 114 cm³/mol. The number of piperidine rings is 1. The molecule has 3 aromatic rings. The number of nitrogens with zero attached hydrogens (tertiary/aromatic N) is 2. The van der Waals surface area contributed by atoms with Crippen LogP contribution in [-0.2, 0) is 17.9 Å². The average molecular weight is 389 g/mol. The third-order valence-electron chi connectivity index (χ3n) is 6.44. The van der Waals surface area contributed by atoms with Crippen molar-refractivity contribution in [3.63, 3.8) is 0 Å². The Kier molecular flexibility index (Phi) is 5.06. The van der Waals surface area contributed by atoms with Crippen LogP contribution in [0.15, 0.2) is 54.9 Å². The summed E-state index contributed by atoms with van der Waals surface area (Å²) in [5.74, 6) is 0.728. The number of carbonyl (C=O) groups is 1. The quantitative estimate of drug-likeness (QED) is 0.678. The number of aromatic nitrogens is 2. The van der Waals surface area contributed by atoms with E-state index in [9.17, 15) is 4.79 Å². The molecule has 2 aliphatic rings. The van der Waals surface area contributed by atoms with E-state index in [0.29, 0.717) is 31.0 Å². The topological polar surface area (TPSA) is 59.0 Å². The van der Waals surface area contributed by atoms with E-state index in [4.69, 9.17) is 0 Å². The van der Waals surface area contributed by atoms with Gasteiger partial charge < -0.3 is 15.2 Å². The predicted octanol–water partition coefficient (Wildman–Crippen LogP) is 3.62. The minimum absolute atomic E-state index is 0.185. The van der Waals surface area contributed by atoms with Crippen LogP contribution in [0.3, 0.4) is 0 Å². The summed E-state index contributed by atoms with van der Waals surface area (Å²) >= 11 is 0. The highest BCUT2D eigenvalue weighted by molar-refractivity contribution is 5.76. The lowest BCUT2D eigenvalue weighted by Gasteiger charge is -2.28. The molecule has 0 saturated carbocycles. The zero-order valence-electron chi connectivity index (χ0n) is 16.7. The maximum absolute atomic E-state index is 12.4. The smallest absolute Gasteiger partial charge is 0.220 e. The van der Waals surface area contributed by atoms with Crippen molar-refractivity contribution < 1.29 is 4.79 Å². The summed E-state index contributed by atoms with van der Waals surface area (Å²) in [6.45, 7) is 1.40. The fraction of sp³-hybridized carbons (Fsp3) is 0.417. The van der Waals surface area contributed by atoms with E-state index in [2.05, 4.69) is 50.5 Å². The van der Waals surface area contributed by atoms with Crippen LogP contribution < -0.4 is 10.6 Å². The van der Waals surface area contributed by atoms with Gasteiger partial charge in [-0.25, -0.2) is 4.98 Å². The summed E-state index contributed by atoms with van der Waals surface area (Å²) in [4.78, 5) is 16.8. The van der Waals surface area contributed by atoms with Crippen LogP contribution in [0.2, 0.25) is 0 Å². The molecule has 2 aliphatic heterocycles. The number of amides is 1. The number of hydrogen-bond donors (Lipinski definition) is 2. The largest absolute Gasteiger partial charge is 0.352 e. The van der Waals surface area contributed by atoms with Gasteiger partial charge in [0.2, 0.25) is 5.91 Å². The lowest BCUT2D eigenvalue weighted by atomic mass is 9.89. The van der Waals surface area contributed by atoms with Crippen molar-refractivity contribution in [2.24, 2.45) is 5.92 Å². The van der Waals surface area contributed by atoms with Crippen LogP contribution >= 0.6 is 0 Å². The van der Waals surface area contributed by atoms with Gasteiger partial charge in [0.25, 0.3) is 0 Å². The Morgan fingerprint density at radius 1 is 1.03 bits per heavy atom. The lowest BCUT2D eigenvalue weighted by Crippen LogP contribution is -2.39. The summed E-state index contributed by atoms with van der Waals surface area (Å²) in [6, 6.07) is 18.0. The van der Waals surface area contributed by atoms with Crippen LogP contribution in [0.25, 0.3) is 11.0 Å². The van der Waals surface area contributed by atoms with Crippen molar-refractivity contribution in [3.8, 4) is 0 Å². The van der Waals surface area contributed by atoms with Crippen molar-refractivity contribution in [2.45, 2.75) is 57.3 Å². The number of rotatable bonds is 6. The third-order valence-corrected chi connectivity index (χ3v) is 6.44. The van der Waals surface area contributed by atoms with Crippen molar-refractivity contribution in [1.29, 1.82) is 0 Å². The summed E-state index contributed by atoms with van der Waals surface area (Å²) < 4.78 is 2.16. The molecule has 2 bridgehead atoms. The van der Waals surface area contributed by atoms with E-state index in [0.717, 1.165) is 36.0 Å². The number of benzene rings is 2. The van der Waals surface area contributed by atoms with Crippen LogP contribution in [0.1, 0.15) is 43.2 Å². The molecule has 2 unspecified atom stereocenters. The Balaban J connectivity index is 1.13. The molecule has 1 aromatic heterocycles. The first-order valence-electron chi connectivity index (χ1n) is 10.7. The third kappa shape index (κ3) is 4.20. The standard InChI is InChI=1S/C24H28N4O/c29-24(13-19-11-20-9-10-21(12-19)27-20)25-14-17-5-7-18(8-6-17)15-28-16-26-22-3-1-2-4-23(22)28/h1-8,16,19-21,27H,9-15H2,(H,25,29). The molecule has 150 valence electrons. The van der Waals surface area contributed by atoms with Gasteiger partial charge in [-0.05, 0) is 54.9 Å². The number of para-hydroxylation sites is 2. The Labute approximate surface area is 171 Å². The van der Waals surface area contributed by atoms with Crippen molar-refractivity contribution in [1.82, 2.24) is 20.2 Å². The normalized spacial score (nSPS) is 23.4. The fourth-order valence-electron chi connectivity index (χ4n) is 4.97. The van der Waals surface area contributed by atoms with Gasteiger partial charge in [0.15, 0.2) is 0 Å². The van der Waals surface area contributed by atoms with Crippen molar-refractivity contribution in [2.75, 3.05) is 0 Å². The first kappa shape index (κ1) is 18.4. The number of fused-ring (bicyclic) bond motifs is 3. The maximum atomic E-state index is 12.4. The lowest BCUT2D eigenvalue weighted by molar-refractivity contribution is -0.122. The second kappa shape index (κ2) is 7.99. The first-order valence-corrected chi connectivity index (χ1v) is 10.7. The molecule has 2 N–H and O–H groups in total. The molecule has 2 saturated heterocycles. The molecule has 2 fully saturated rings. The van der Waals surface area contributed by atoms with Gasteiger partial charge in [0.05, 0.1) is 17.4 Å². The molecule has 1 amide bonds. The number of imidazole rings is 1. The second-order valence-electron chi connectivity index (χ2n) is 8.63. The molecule has 0 aliphatic carbocycles. The second-order valence-corrected chi connectivity index (χ2v) is 8.63. The molecule has 2 aromatic carbocycles. The molecule has 2 atom stereocenters. The van der Waals surface area contributed by atoms with Gasteiger partial charge in [-0.2, -0.15) is 0 Å². The van der Waals surface area contributed by atoms with E-state index in [1.807, 2.05) is 24.5 Å². The summed E-state index contributed by atoms with van der Waals surface area (Å²) in [5, 5.41) is 6.76. The number of hydrogen-bond acceptors (Lipinski definition) is 3. The fourth-order valence-corrected chi connectivity index (χ4v) is 4.97. The van der Waals surface area contributed by atoms with Crippen molar-refractivity contribution in [3.05, 3.63) is 66.0 Å². The molecular formula is C24H28N4O. The number of carbonyl (C=O) groups excluding carboxylic acids is 1. The van der Waals surface area contributed by atoms with Crippen LogP contribution in [0.4, 0.5) is 0 Å². The molecule has 0 radical (unpaired) electrons. The minimum Gasteiger partial charge on any atom is -0.352 e. The summed E-state index contributed by atoms with van der Waals surface area (Å²) in [5.41, 5.74) is 4.54. The van der Waals surface area contributed by atoms with Crippen LogP contribution in [-0.4, -0.2) is 27.5 Å². The zero-order chi connectivity index (χ0) is 19.6. The van der Waals surface area contributed by atoms with Crippen LogP contribution in [0.5, 0.6) is 0 Å². The monoisotopic (exact) mass is 388 g/mol. The maximum Gasteiger partial charge on any atom is 0.220 e. The average Bonchev–Trinajstić information content (AvgIpc) is 3.30. The zero-order valence-corrected chi connectivity index (χ0v) is 16.7. The van der Waals surface area contributed by atoms with Gasteiger partial charge in [0, 0.05) is 31.6 Å². The highest BCUT2D eigenvalue weighted by Crippen LogP contribution is 2.32. The molecule has 5 nitrogen and oxygen atoms in total. The van der Waals surface area contributed by atoms with E-state index >= 15 is 0 Å². The molecule has 0 spiro atoms. The van der Waals surface area contributed by atoms with E-state index in [1.165, 1.54) is 18.4 Å². The van der Waals surface area contributed by atoms with Crippen molar-refractivity contribution >= 4 is 16.9 Å². The molecule has 29 heavy (non-hydrogen) atoms. The Hall–Kier alpha value is -2.66. The van der Waals surface area contributed by atoms with E-state index < -0.39 is 0 Å².